The number of quaternary nitrogens is 1. The van der Waals surface area contributed by atoms with Crippen molar-refractivity contribution in [3.05, 3.63) is 0 Å². The minimum Gasteiger partial charge on any atom is -0.804 e. The number of amides is 1. The van der Waals surface area contributed by atoms with Crippen LogP contribution in [0.15, 0.2) is 0 Å². The first-order valence-corrected chi connectivity index (χ1v) is 5.01. The van der Waals surface area contributed by atoms with Crippen molar-refractivity contribution in [1.29, 1.82) is 0 Å². The van der Waals surface area contributed by atoms with E-state index in [0.29, 0.717) is 0 Å². The summed E-state index contributed by atoms with van der Waals surface area (Å²) in [4.78, 5) is 28.0. The number of hydrogen-bond acceptors (Lipinski definition) is 4. The van der Waals surface area contributed by atoms with Gasteiger partial charge in [-0.25, -0.2) is 0 Å². The third-order valence-corrected chi connectivity index (χ3v) is 1.41. The first kappa shape index (κ1) is 14.1. The molecule has 0 saturated carbocycles. The van der Waals surface area contributed by atoms with Crippen LogP contribution in [0.4, 0.5) is 4.79 Å². The third-order valence-electron chi connectivity index (χ3n) is 0.873. The number of nitrogens with two attached hydrogens (primary N) is 1. The van der Waals surface area contributed by atoms with Gasteiger partial charge in [0.1, 0.15) is 0 Å². The molecule has 12 heavy (non-hydrogen) atoms. The Kier molecular flexibility index (Phi) is 8.52. The first-order valence-electron chi connectivity index (χ1n) is 3.47. The molecule has 0 unspecified atom stereocenters. The van der Waals surface area contributed by atoms with Gasteiger partial charge < -0.3 is 25.8 Å². The zero-order chi connectivity index (χ0) is 10.2. The predicted octanol–water partition coefficient (Wildman–Crippen LogP) is -1.88. The zero-order valence-corrected chi connectivity index (χ0v) is 7.88. The van der Waals surface area contributed by atoms with Crippen LogP contribution < -0.4 is 21.3 Å². The average molecular weight is 198 g/mol. The molecule has 7 heteroatoms. The molecule has 0 aliphatic rings. The summed E-state index contributed by atoms with van der Waals surface area (Å²) in [7, 11) is -5.10. The molecule has 1 amide bonds. The Hall–Kier alpha value is -0.420. The highest BCUT2D eigenvalue weighted by molar-refractivity contribution is 7.67. The topological polar surface area (TPSA) is 134 Å². The van der Waals surface area contributed by atoms with Crippen LogP contribution in [0.25, 0.3) is 0 Å². The van der Waals surface area contributed by atoms with Gasteiger partial charge in [-0.05, 0) is 6.42 Å². The summed E-state index contributed by atoms with van der Waals surface area (Å²) < 4.78 is 9.33. The Morgan fingerprint density at radius 3 is 2.00 bits per heavy atom. The molecule has 0 spiro atoms. The minimum absolute atomic E-state index is 0. The van der Waals surface area contributed by atoms with E-state index in [4.69, 9.17) is 0 Å². The van der Waals surface area contributed by atoms with Crippen molar-refractivity contribution < 1.29 is 26.3 Å². The van der Waals surface area contributed by atoms with Crippen molar-refractivity contribution in [3.8, 4) is 0 Å². The van der Waals surface area contributed by atoms with Crippen molar-refractivity contribution >= 4 is 13.2 Å². The van der Waals surface area contributed by atoms with E-state index >= 15 is 0 Å². The fourth-order valence-corrected chi connectivity index (χ4v) is 0.250. The van der Waals surface area contributed by atoms with Crippen LogP contribution in [0, 0.1) is 0 Å². The number of primary amides is 1. The fraction of sp³-hybridized carbons (Fsp3) is 0.800. The van der Waals surface area contributed by atoms with E-state index in [9.17, 15) is 19.1 Å². The van der Waals surface area contributed by atoms with E-state index < -0.39 is 13.2 Å². The lowest BCUT2D eigenvalue weighted by Gasteiger charge is -2.23. The largest absolute Gasteiger partial charge is 1.00 e. The van der Waals surface area contributed by atoms with E-state index in [1.54, 1.807) is 0 Å². The van der Waals surface area contributed by atoms with Crippen molar-refractivity contribution in [2.75, 3.05) is 6.54 Å². The predicted molar refractivity (Wildman–Crippen MR) is 41.0 cm³/mol. The summed E-state index contributed by atoms with van der Waals surface area (Å²) in [6.45, 7) is 3.27. The van der Waals surface area contributed by atoms with Gasteiger partial charge in [0, 0.05) is 7.60 Å². The van der Waals surface area contributed by atoms with Gasteiger partial charge >= 0.3 is 1.43 Å². The standard InChI is InChI=1S/C4H11N.CH4NO4P/c1-2-3-4-5;2-1(3)7(4,5)6/h2-5H2,1H3;(H2,2,3)(H2,4,5,6). The highest BCUT2D eigenvalue weighted by atomic mass is 31.2. The fourth-order valence-electron chi connectivity index (χ4n) is 0.250. The average Bonchev–Trinajstić information content (AvgIpc) is 1.88. The van der Waals surface area contributed by atoms with E-state index in [2.05, 4.69) is 18.4 Å². The van der Waals surface area contributed by atoms with Crippen LogP contribution in [0.2, 0.25) is 0 Å². The minimum atomic E-state index is -5.10. The molecular weight excluding hydrogens is 183 g/mol. The van der Waals surface area contributed by atoms with Crippen LogP contribution in [0.5, 0.6) is 0 Å². The Morgan fingerprint density at radius 1 is 1.67 bits per heavy atom. The van der Waals surface area contributed by atoms with E-state index in [1.807, 2.05) is 0 Å². The van der Waals surface area contributed by atoms with Crippen LogP contribution >= 0.6 is 7.60 Å². The van der Waals surface area contributed by atoms with Crippen molar-refractivity contribution in [2.24, 2.45) is 5.73 Å². The molecule has 0 aromatic rings. The molecule has 5 N–H and O–H groups in total. The lowest BCUT2D eigenvalue weighted by atomic mass is 10.3. The summed E-state index contributed by atoms with van der Waals surface area (Å²) in [6, 6.07) is 0. The van der Waals surface area contributed by atoms with Crippen LogP contribution in [0.3, 0.4) is 0 Å². The highest BCUT2D eigenvalue weighted by Crippen LogP contribution is 2.20. The number of carbonyl (C=O) groups is 1. The van der Waals surface area contributed by atoms with Gasteiger partial charge in [-0.15, -0.1) is 0 Å². The Balaban J connectivity index is -0.000000150. The quantitative estimate of drug-likeness (QED) is 0.513. The second-order valence-corrected chi connectivity index (χ2v) is 3.48. The molecule has 0 fully saturated rings. The molecule has 0 bridgehead atoms. The normalized spacial score (nSPS) is 10.0. The zero-order valence-electron chi connectivity index (χ0n) is 7.99. The van der Waals surface area contributed by atoms with Crippen molar-refractivity contribution in [3.63, 3.8) is 0 Å². The van der Waals surface area contributed by atoms with Crippen molar-refractivity contribution in [2.45, 2.75) is 19.8 Å². The molecule has 0 rings (SSSR count). The van der Waals surface area contributed by atoms with Gasteiger partial charge in [0.25, 0.3) is 0 Å². The van der Waals surface area contributed by atoms with Crippen molar-refractivity contribution in [1.82, 2.24) is 0 Å². The van der Waals surface area contributed by atoms with Gasteiger partial charge in [0.15, 0.2) is 0 Å². The number of unbranched alkanes of at least 4 members (excludes halogenated alkanes) is 1. The highest BCUT2D eigenvalue weighted by Gasteiger charge is 1.94. The molecule has 6 nitrogen and oxygen atoms in total. The summed E-state index contributed by atoms with van der Waals surface area (Å²) in [5, 5.41) is 0. The van der Waals surface area contributed by atoms with Crippen LogP contribution in [-0.4, -0.2) is 12.2 Å². The van der Waals surface area contributed by atoms with Gasteiger partial charge in [0.05, 0.1) is 6.54 Å². The van der Waals surface area contributed by atoms with Gasteiger partial charge in [-0.1, -0.05) is 13.3 Å². The summed E-state index contributed by atoms with van der Waals surface area (Å²) >= 11 is 0. The maximum atomic E-state index is 9.35. The maximum absolute atomic E-state index is 9.35. The van der Waals surface area contributed by atoms with Gasteiger partial charge in [0.2, 0.25) is 5.65 Å². The third kappa shape index (κ3) is 12.3. The van der Waals surface area contributed by atoms with Gasteiger partial charge in [-0.3, -0.25) is 4.79 Å². The second kappa shape index (κ2) is 7.24. The van der Waals surface area contributed by atoms with E-state index in [-0.39, 0.29) is 1.43 Å². The molecular formula is C5H15N2O4P. The molecule has 0 atom stereocenters. The molecule has 74 valence electrons. The summed E-state index contributed by atoms with van der Waals surface area (Å²) in [5.41, 5.74) is 5.91. The lowest BCUT2D eigenvalue weighted by molar-refractivity contribution is -0.368. The summed E-state index contributed by atoms with van der Waals surface area (Å²) in [5.74, 6) is 0. The van der Waals surface area contributed by atoms with Crippen LogP contribution in [0.1, 0.15) is 21.2 Å². The summed E-state index contributed by atoms with van der Waals surface area (Å²) in [6.07, 6.45) is 2.56. The Morgan fingerprint density at radius 2 is 2.00 bits per heavy atom. The van der Waals surface area contributed by atoms with E-state index in [1.165, 1.54) is 12.8 Å². The number of rotatable bonds is 3. The Labute approximate surface area is 72.6 Å². The number of hydrogen-bond donors (Lipinski definition) is 2. The molecule has 0 radical (unpaired) electrons. The first-order chi connectivity index (χ1) is 5.36. The van der Waals surface area contributed by atoms with Crippen LogP contribution in [-0.2, 0) is 4.57 Å². The molecule has 0 saturated heterocycles. The number of carbonyl (C=O) groups excluding carboxylic acids is 1. The lowest BCUT2D eigenvalue weighted by Crippen LogP contribution is -2.49. The smallest absolute Gasteiger partial charge is 0.804 e. The second-order valence-electron chi connectivity index (χ2n) is 2.04. The molecule has 0 aliphatic heterocycles. The Bertz CT molecular complexity index is 170. The van der Waals surface area contributed by atoms with E-state index in [0.717, 1.165) is 6.54 Å². The molecule has 0 aliphatic carbocycles. The monoisotopic (exact) mass is 198 g/mol. The molecule has 0 aromatic heterocycles. The molecule has 0 aromatic carbocycles. The van der Waals surface area contributed by atoms with Gasteiger partial charge in [-0.2, -0.15) is 0 Å². The SMILES string of the molecule is CCCC[NH3+].NC(=O)P(=O)([O-])[O-].[H+]. The maximum Gasteiger partial charge on any atom is 1.00 e. The molecule has 0 heterocycles.